The van der Waals surface area contributed by atoms with Crippen molar-refractivity contribution in [3.05, 3.63) is 76.2 Å². The zero-order valence-electron chi connectivity index (χ0n) is 19.9. The second-order valence-electron chi connectivity index (χ2n) is 8.46. The van der Waals surface area contributed by atoms with Crippen molar-refractivity contribution >= 4 is 34.6 Å². The van der Waals surface area contributed by atoms with E-state index < -0.39 is 0 Å². The lowest BCUT2D eigenvalue weighted by molar-refractivity contribution is -0.116. The summed E-state index contributed by atoms with van der Waals surface area (Å²) in [5, 5.41) is 3.85. The number of aromatic nitrogens is 2. The Kier molecular flexibility index (Phi) is 8.20. The number of hydrogen-bond acceptors (Lipinski definition) is 7. The van der Waals surface area contributed by atoms with Gasteiger partial charge in [-0.2, -0.15) is 0 Å². The van der Waals surface area contributed by atoms with E-state index in [-0.39, 0.29) is 17.9 Å². The monoisotopic (exact) mass is 491 g/mol. The molecule has 3 aromatic rings. The molecule has 1 atom stereocenters. The van der Waals surface area contributed by atoms with Gasteiger partial charge in [0.1, 0.15) is 5.00 Å². The first-order valence-corrected chi connectivity index (χ1v) is 12.4. The van der Waals surface area contributed by atoms with Crippen molar-refractivity contribution < 1.29 is 14.3 Å². The van der Waals surface area contributed by atoms with E-state index in [2.05, 4.69) is 20.3 Å². The summed E-state index contributed by atoms with van der Waals surface area (Å²) < 4.78 is 5.51. The molecule has 182 valence electrons. The van der Waals surface area contributed by atoms with E-state index in [1.807, 2.05) is 31.2 Å². The van der Waals surface area contributed by atoms with E-state index in [0.29, 0.717) is 39.0 Å². The minimum absolute atomic E-state index is 0.0546. The minimum atomic E-state index is -0.320. The molecule has 0 fully saturated rings. The molecule has 4 heterocycles. The molecule has 2 amide bonds. The molecule has 1 aliphatic rings. The van der Waals surface area contributed by atoms with Gasteiger partial charge in [0.05, 0.1) is 13.2 Å². The lowest BCUT2D eigenvalue weighted by Gasteiger charge is -2.26. The highest BCUT2D eigenvalue weighted by Gasteiger charge is 2.28. The first-order chi connectivity index (χ1) is 17.0. The van der Waals surface area contributed by atoms with Gasteiger partial charge in [-0.15, -0.1) is 11.3 Å². The van der Waals surface area contributed by atoms with Crippen LogP contribution in [0.5, 0.6) is 0 Å². The van der Waals surface area contributed by atoms with Gasteiger partial charge in [0, 0.05) is 67.9 Å². The van der Waals surface area contributed by atoms with E-state index >= 15 is 0 Å². The third-order valence-corrected chi connectivity index (χ3v) is 7.13. The number of anilines is 1. The van der Waals surface area contributed by atoms with Crippen molar-refractivity contribution in [1.29, 1.82) is 0 Å². The van der Waals surface area contributed by atoms with Gasteiger partial charge in [-0.1, -0.05) is 13.0 Å². The van der Waals surface area contributed by atoms with E-state index in [9.17, 15) is 9.59 Å². The van der Waals surface area contributed by atoms with Crippen molar-refractivity contribution in [1.82, 2.24) is 14.9 Å². The van der Waals surface area contributed by atoms with Crippen LogP contribution in [0, 0.1) is 0 Å². The Morgan fingerprint density at radius 3 is 2.83 bits per heavy atom. The Bertz CT molecular complexity index is 1180. The number of pyridine rings is 2. The van der Waals surface area contributed by atoms with Gasteiger partial charge in [0.25, 0.3) is 0 Å². The summed E-state index contributed by atoms with van der Waals surface area (Å²) in [7, 11) is 1.72. The second-order valence-corrected chi connectivity index (χ2v) is 9.57. The maximum absolute atomic E-state index is 12.8. The summed E-state index contributed by atoms with van der Waals surface area (Å²) in [6.07, 6.45) is 10.1. The van der Waals surface area contributed by atoms with Crippen LogP contribution in [0.4, 0.5) is 9.80 Å². The second kappa shape index (κ2) is 11.7. The number of nitrogens with one attached hydrogen (secondary N) is 1. The third kappa shape index (κ3) is 6.30. The topological polar surface area (TPSA) is 96.8 Å². The zero-order valence-corrected chi connectivity index (χ0v) is 20.8. The summed E-state index contributed by atoms with van der Waals surface area (Å²) in [4.78, 5) is 40.6. The lowest BCUT2D eigenvalue weighted by atomic mass is 9.99. The van der Waals surface area contributed by atoms with Crippen LogP contribution in [0.15, 0.2) is 54.0 Å². The Hall–Kier alpha value is -3.59. The van der Waals surface area contributed by atoms with Gasteiger partial charge in [-0.05, 0) is 47.2 Å². The maximum Gasteiger partial charge on any atom is 0.410 e. The third-order valence-electron chi connectivity index (χ3n) is 5.98. The highest BCUT2D eigenvalue weighted by molar-refractivity contribution is 7.16. The summed E-state index contributed by atoms with van der Waals surface area (Å²) in [6.45, 7) is 3.36. The first-order valence-electron chi connectivity index (χ1n) is 11.6. The molecule has 0 aromatic carbocycles. The van der Waals surface area contributed by atoms with Gasteiger partial charge in [0.2, 0.25) is 5.91 Å². The van der Waals surface area contributed by atoms with Gasteiger partial charge < -0.3 is 15.0 Å². The predicted octanol–water partition coefficient (Wildman–Crippen LogP) is 4.46. The number of ether oxygens (including phenoxy) is 1. The number of fused-ring (bicyclic) bond motifs is 1. The number of carbonyl (C=O) groups excluding carboxylic acids is 2. The van der Waals surface area contributed by atoms with Crippen LogP contribution in [-0.2, 0) is 28.9 Å². The van der Waals surface area contributed by atoms with Crippen LogP contribution < -0.4 is 5.32 Å². The molecule has 1 unspecified atom stereocenters. The highest BCUT2D eigenvalue weighted by Crippen LogP contribution is 2.36. The maximum atomic E-state index is 12.8. The van der Waals surface area contributed by atoms with E-state index in [1.165, 1.54) is 11.3 Å². The first kappa shape index (κ1) is 24.5. The number of aliphatic imine (C=N–C) groups is 1. The van der Waals surface area contributed by atoms with E-state index in [4.69, 9.17) is 4.74 Å². The minimum Gasteiger partial charge on any atom is -0.449 e. The zero-order chi connectivity index (χ0) is 24.6. The van der Waals surface area contributed by atoms with Crippen molar-refractivity contribution in [2.24, 2.45) is 4.99 Å². The molecule has 1 aliphatic heterocycles. The van der Waals surface area contributed by atoms with Gasteiger partial charge in [-0.25, -0.2) is 4.79 Å². The van der Waals surface area contributed by atoms with Crippen molar-refractivity contribution in [2.45, 2.75) is 38.6 Å². The molecule has 0 saturated heterocycles. The summed E-state index contributed by atoms with van der Waals surface area (Å²) in [6, 6.07) is 7.69. The van der Waals surface area contributed by atoms with Crippen LogP contribution in [-0.4, -0.2) is 53.3 Å². The molecule has 1 N–H and O–H groups in total. The number of rotatable bonds is 8. The standard InChI is InChI=1S/C26H29N5O3S/c1-18(20-4-3-9-29-15-20)14-24(32)30-25-22(16-27-2)21-7-12-31(17-23(21)35-25)26(33)34-13-8-19-5-10-28-11-6-19/h3-6,9-11,15-16,18H,7-8,12-14,17H2,1-2H3,(H,30,32). The summed E-state index contributed by atoms with van der Waals surface area (Å²) in [5.74, 6) is -0.00271. The molecule has 4 rings (SSSR count). The number of thiophene rings is 1. The Morgan fingerprint density at radius 2 is 2.09 bits per heavy atom. The fourth-order valence-corrected chi connectivity index (χ4v) is 5.33. The Balaban J connectivity index is 1.38. The molecule has 9 heteroatoms. The predicted molar refractivity (Wildman–Crippen MR) is 137 cm³/mol. The van der Waals surface area contributed by atoms with Crippen molar-refractivity contribution in [3.63, 3.8) is 0 Å². The molecule has 0 bridgehead atoms. The van der Waals surface area contributed by atoms with Crippen molar-refractivity contribution in [3.8, 4) is 0 Å². The average Bonchev–Trinajstić information content (AvgIpc) is 3.21. The molecular weight excluding hydrogens is 462 g/mol. The molecule has 0 aliphatic carbocycles. The molecule has 3 aromatic heterocycles. The number of amides is 2. The van der Waals surface area contributed by atoms with Crippen LogP contribution in [0.2, 0.25) is 0 Å². The molecule has 0 spiro atoms. The lowest BCUT2D eigenvalue weighted by Crippen LogP contribution is -2.36. The quantitative estimate of drug-likeness (QED) is 0.470. The molecule has 0 radical (unpaired) electrons. The fraction of sp³-hybridized carbons (Fsp3) is 0.346. The van der Waals surface area contributed by atoms with Gasteiger partial charge >= 0.3 is 6.09 Å². The van der Waals surface area contributed by atoms with Crippen LogP contribution in [0.3, 0.4) is 0 Å². The van der Waals surface area contributed by atoms with Crippen LogP contribution in [0.1, 0.15) is 46.4 Å². The highest BCUT2D eigenvalue weighted by atomic mass is 32.1. The Morgan fingerprint density at radius 1 is 1.26 bits per heavy atom. The molecular formula is C26H29N5O3S. The summed E-state index contributed by atoms with van der Waals surface area (Å²) in [5.41, 5.74) is 4.17. The van der Waals surface area contributed by atoms with Crippen LogP contribution >= 0.6 is 11.3 Å². The van der Waals surface area contributed by atoms with E-state index in [1.54, 1.807) is 42.9 Å². The number of carbonyl (C=O) groups is 2. The SMILES string of the molecule is CN=Cc1c(NC(=O)CC(C)c2cccnc2)sc2c1CCN(C(=O)OCCc1ccncc1)C2. The smallest absolute Gasteiger partial charge is 0.410 e. The Labute approximate surface area is 209 Å². The largest absolute Gasteiger partial charge is 0.449 e. The normalized spacial score (nSPS) is 13.9. The van der Waals surface area contributed by atoms with Gasteiger partial charge in [-0.3, -0.25) is 19.8 Å². The summed E-state index contributed by atoms with van der Waals surface area (Å²) >= 11 is 1.50. The van der Waals surface area contributed by atoms with Crippen molar-refractivity contribution in [2.75, 3.05) is 25.5 Å². The number of hydrogen-bond donors (Lipinski definition) is 1. The average molecular weight is 492 g/mol. The molecule has 8 nitrogen and oxygen atoms in total. The molecule has 0 saturated carbocycles. The number of nitrogens with zero attached hydrogens (tertiary/aromatic N) is 4. The van der Waals surface area contributed by atoms with E-state index in [0.717, 1.165) is 32.1 Å². The van der Waals surface area contributed by atoms with Crippen LogP contribution in [0.25, 0.3) is 0 Å². The van der Waals surface area contributed by atoms with Gasteiger partial charge in [0.15, 0.2) is 0 Å². The molecule has 35 heavy (non-hydrogen) atoms. The fourth-order valence-electron chi connectivity index (χ4n) is 4.08.